The number of β-amino-alcohol motifs (C(OH)–C–C–N with tert-alkyl or cyclic N) is 1. The molecule has 7 nitrogen and oxygen atoms in total. The van der Waals surface area contributed by atoms with Crippen molar-refractivity contribution in [3.8, 4) is 22.5 Å². The predicted molar refractivity (Wildman–Crippen MR) is 176 cm³/mol. The van der Waals surface area contributed by atoms with Crippen molar-refractivity contribution < 1.29 is 14.6 Å². The van der Waals surface area contributed by atoms with Gasteiger partial charge in [-0.1, -0.05) is 41.9 Å². The molecule has 6 aromatic rings. The summed E-state index contributed by atoms with van der Waals surface area (Å²) in [5.74, 6) is 1.44. The molecule has 1 saturated heterocycles. The number of aliphatic hydroxyl groups is 2. The van der Waals surface area contributed by atoms with E-state index < -0.39 is 0 Å². The van der Waals surface area contributed by atoms with Crippen LogP contribution in [-0.4, -0.2) is 44.3 Å². The highest BCUT2D eigenvalue weighted by atomic mass is 35.5. The molecular formula is C36H33ClN4O3. The molecule has 0 aliphatic carbocycles. The highest BCUT2D eigenvalue weighted by molar-refractivity contribution is 6.35. The number of rotatable bonds is 7. The molecule has 0 saturated carbocycles. The maximum absolute atomic E-state index is 9.88. The monoisotopic (exact) mass is 604 g/mol. The van der Waals surface area contributed by atoms with E-state index in [1.54, 1.807) is 6.07 Å². The number of anilines is 2. The molecule has 1 aliphatic rings. The fourth-order valence-electron chi connectivity index (χ4n) is 6.27. The number of likely N-dealkylation sites (tertiary alicyclic amines) is 1. The van der Waals surface area contributed by atoms with E-state index in [9.17, 15) is 10.2 Å². The van der Waals surface area contributed by atoms with Gasteiger partial charge in [-0.05, 0) is 90.0 Å². The Hall–Kier alpha value is -4.27. The first-order chi connectivity index (χ1) is 21.4. The van der Waals surface area contributed by atoms with E-state index in [1.165, 1.54) is 0 Å². The first-order valence-electron chi connectivity index (χ1n) is 14.8. The lowest BCUT2D eigenvalue weighted by Crippen LogP contribution is -2.21. The van der Waals surface area contributed by atoms with E-state index in [0.717, 1.165) is 86.2 Å². The normalized spacial score (nSPS) is 15.4. The first-order valence-corrected chi connectivity index (χ1v) is 15.2. The molecule has 0 bridgehead atoms. The topological polar surface area (TPSA) is 94.7 Å². The Kier molecular flexibility index (Phi) is 7.56. The number of benzene rings is 3. The summed E-state index contributed by atoms with van der Waals surface area (Å²) >= 11 is 6.46. The minimum atomic E-state index is -0.237. The fourth-order valence-corrected chi connectivity index (χ4v) is 6.56. The number of pyridine rings is 2. The van der Waals surface area contributed by atoms with Gasteiger partial charge in [0.05, 0.1) is 17.7 Å². The predicted octanol–water partition coefficient (Wildman–Crippen LogP) is 7.78. The number of aliphatic hydroxyl groups excluding tert-OH is 2. The van der Waals surface area contributed by atoms with Crippen LogP contribution in [0.25, 0.3) is 44.3 Å². The number of nitrogens with one attached hydrogen (secondary N) is 1. The van der Waals surface area contributed by atoms with E-state index in [1.807, 2.05) is 36.7 Å². The molecule has 4 heterocycles. The SMILES string of the molecule is Cc1c(Nc2nccc3cc(CN4CC[C@@H](O)C4)cnc23)cccc1-c1cccc(-c2cc3cc(CO)cc(Cl)c3o2)c1C. The molecule has 3 N–H and O–H groups in total. The molecule has 0 spiro atoms. The molecule has 1 aliphatic heterocycles. The molecule has 1 atom stereocenters. The number of aromatic nitrogens is 2. The van der Waals surface area contributed by atoms with Crippen LogP contribution >= 0.6 is 11.6 Å². The van der Waals surface area contributed by atoms with Gasteiger partial charge in [0.2, 0.25) is 0 Å². The summed E-state index contributed by atoms with van der Waals surface area (Å²) < 4.78 is 6.23. The Balaban J connectivity index is 1.20. The summed E-state index contributed by atoms with van der Waals surface area (Å²) in [6.07, 6.45) is 4.31. The molecule has 8 heteroatoms. The van der Waals surface area contributed by atoms with Crippen molar-refractivity contribution in [3.63, 3.8) is 0 Å². The molecule has 7 rings (SSSR count). The summed E-state index contributed by atoms with van der Waals surface area (Å²) in [7, 11) is 0. The van der Waals surface area contributed by atoms with Crippen molar-refractivity contribution in [2.75, 3.05) is 18.4 Å². The minimum Gasteiger partial charge on any atom is -0.455 e. The Morgan fingerprint density at radius 1 is 0.932 bits per heavy atom. The summed E-state index contributed by atoms with van der Waals surface area (Å²) in [6.45, 7) is 6.52. The van der Waals surface area contributed by atoms with Crippen molar-refractivity contribution in [1.29, 1.82) is 0 Å². The van der Waals surface area contributed by atoms with E-state index in [4.69, 9.17) is 21.0 Å². The quantitative estimate of drug-likeness (QED) is 0.171. The van der Waals surface area contributed by atoms with Crippen molar-refractivity contribution in [1.82, 2.24) is 14.9 Å². The zero-order valence-corrected chi connectivity index (χ0v) is 25.4. The summed E-state index contributed by atoms with van der Waals surface area (Å²) in [5, 5.41) is 25.4. The maximum atomic E-state index is 9.88. The molecular weight excluding hydrogens is 572 g/mol. The smallest absolute Gasteiger partial charge is 0.156 e. The van der Waals surface area contributed by atoms with Crippen LogP contribution in [0.5, 0.6) is 0 Å². The average Bonchev–Trinajstić information content (AvgIpc) is 3.64. The van der Waals surface area contributed by atoms with E-state index in [-0.39, 0.29) is 12.7 Å². The van der Waals surface area contributed by atoms with E-state index in [2.05, 4.69) is 65.4 Å². The second kappa shape index (κ2) is 11.7. The zero-order chi connectivity index (χ0) is 30.4. The van der Waals surface area contributed by atoms with Crippen LogP contribution < -0.4 is 5.32 Å². The highest BCUT2D eigenvalue weighted by Gasteiger charge is 2.21. The van der Waals surface area contributed by atoms with Gasteiger partial charge in [0, 0.05) is 54.1 Å². The van der Waals surface area contributed by atoms with Gasteiger partial charge in [0.1, 0.15) is 11.3 Å². The maximum Gasteiger partial charge on any atom is 0.156 e. The Morgan fingerprint density at radius 3 is 2.50 bits per heavy atom. The highest BCUT2D eigenvalue weighted by Crippen LogP contribution is 2.39. The number of fused-ring (bicyclic) bond motifs is 2. The number of halogens is 1. The van der Waals surface area contributed by atoms with Gasteiger partial charge in [0.15, 0.2) is 11.4 Å². The third kappa shape index (κ3) is 5.33. The average molecular weight is 605 g/mol. The molecule has 0 amide bonds. The first kappa shape index (κ1) is 28.5. The minimum absolute atomic E-state index is 0.0791. The number of nitrogens with zero attached hydrogens (tertiary/aromatic N) is 3. The van der Waals surface area contributed by atoms with Crippen LogP contribution in [0.1, 0.15) is 28.7 Å². The zero-order valence-electron chi connectivity index (χ0n) is 24.6. The molecule has 222 valence electrons. The van der Waals surface area contributed by atoms with Gasteiger partial charge < -0.3 is 19.9 Å². The number of hydrogen-bond donors (Lipinski definition) is 3. The van der Waals surface area contributed by atoms with Crippen LogP contribution in [0, 0.1) is 13.8 Å². The van der Waals surface area contributed by atoms with Crippen molar-refractivity contribution in [3.05, 3.63) is 106 Å². The van der Waals surface area contributed by atoms with Crippen LogP contribution in [0.3, 0.4) is 0 Å². The molecule has 3 aromatic heterocycles. The summed E-state index contributed by atoms with van der Waals surface area (Å²) in [6, 6.07) is 22.2. The fraction of sp³-hybridized carbons (Fsp3) is 0.222. The molecule has 3 aromatic carbocycles. The Morgan fingerprint density at radius 2 is 1.70 bits per heavy atom. The second-order valence-electron chi connectivity index (χ2n) is 11.6. The third-order valence-corrected chi connectivity index (χ3v) is 8.88. The Bertz CT molecular complexity index is 2020. The van der Waals surface area contributed by atoms with Gasteiger partial charge >= 0.3 is 0 Å². The molecule has 1 fully saturated rings. The van der Waals surface area contributed by atoms with Gasteiger partial charge in [-0.3, -0.25) is 9.88 Å². The molecule has 0 radical (unpaired) electrons. The lowest BCUT2D eigenvalue weighted by atomic mass is 9.92. The Labute approximate surface area is 260 Å². The number of hydrogen-bond acceptors (Lipinski definition) is 7. The second-order valence-corrected chi connectivity index (χ2v) is 12.0. The van der Waals surface area contributed by atoms with Crippen LogP contribution in [-0.2, 0) is 13.2 Å². The van der Waals surface area contributed by atoms with Crippen LogP contribution in [0.15, 0.2) is 83.5 Å². The van der Waals surface area contributed by atoms with E-state index in [0.29, 0.717) is 23.0 Å². The standard InChI is InChI=1S/C36H33ClN4O3/c1-21-28(5-3-7-30(21)33-16-26-13-23(20-42)15-31(37)35(26)44-33)29-6-4-8-32(22(29)2)40-36-34-25(9-11-38-36)14-24(17-39-34)18-41-12-10-27(43)19-41/h3-9,11,13-17,27,42-43H,10,12,18-20H2,1-2H3,(H,38,40)/t27-/m1/s1. The van der Waals surface area contributed by atoms with Crippen molar-refractivity contribution in [2.24, 2.45) is 0 Å². The van der Waals surface area contributed by atoms with Crippen LogP contribution in [0.4, 0.5) is 11.5 Å². The lowest BCUT2D eigenvalue weighted by Gasteiger charge is -2.17. The largest absolute Gasteiger partial charge is 0.455 e. The third-order valence-electron chi connectivity index (χ3n) is 8.60. The van der Waals surface area contributed by atoms with Gasteiger partial charge in [-0.2, -0.15) is 0 Å². The van der Waals surface area contributed by atoms with Gasteiger partial charge in [-0.25, -0.2) is 4.98 Å². The van der Waals surface area contributed by atoms with Gasteiger partial charge in [-0.15, -0.1) is 0 Å². The number of furan rings is 1. The van der Waals surface area contributed by atoms with E-state index >= 15 is 0 Å². The lowest BCUT2D eigenvalue weighted by molar-refractivity contribution is 0.175. The summed E-state index contributed by atoms with van der Waals surface area (Å²) in [4.78, 5) is 11.7. The summed E-state index contributed by atoms with van der Waals surface area (Å²) in [5.41, 5.74) is 9.63. The van der Waals surface area contributed by atoms with Crippen molar-refractivity contribution in [2.45, 2.75) is 39.5 Å². The molecule has 0 unspecified atom stereocenters. The van der Waals surface area contributed by atoms with Crippen LogP contribution in [0.2, 0.25) is 5.02 Å². The van der Waals surface area contributed by atoms with Gasteiger partial charge in [0.25, 0.3) is 0 Å². The van der Waals surface area contributed by atoms with Crippen molar-refractivity contribution >= 4 is 45.0 Å². The molecule has 44 heavy (non-hydrogen) atoms.